The Balaban J connectivity index is 1.88. The topological polar surface area (TPSA) is 55.4 Å². The van der Waals surface area contributed by atoms with Crippen molar-refractivity contribution in [1.82, 2.24) is 0 Å². The molecule has 0 radical (unpaired) electrons. The Hall–Kier alpha value is -2.88. The second kappa shape index (κ2) is 8.11. The fourth-order valence-corrected chi connectivity index (χ4v) is 2.09. The molecule has 0 spiro atoms. The van der Waals surface area contributed by atoms with Gasteiger partial charge in [-0.05, 0) is 44.5 Å². The molecule has 24 heavy (non-hydrogen) atoms. The molecule has 0 aromatic heterocycles. The number of hydrogen-bond acceptors (Lipinski definition) is 3. The number of hydrogen-bond donors (Lipinski definition) is 1. The number of esters is 1. The van der Waals surface area contributed by atoms with Crippen molar-refractivity contribution < 1.29 is 14.3 Å². The van der Waals surface area contributed by atoms with Crippen LogP contribution in [0.1, 0.15) is 23.6 Å². The van der Waals surface area contributed by atoms with Gasteiger partial charge >= 0.3 is 5.97 Å². The van der Waals surface area contributed by atoms with E-state index in [9.17, 15) is 9.59 Å². The second-order valence-corrected chi connectivity index (χ2v) is 5.68. The van der Waals surface area contributed by atoms with Gasteiger partial charge in [0.15, 0.2) is 6.10 Å². The molecule has 1 amide bonds. The molecular weight excluding hydrogens is 302 g/mol. The Morgan fingerprint density at radius 1 is 1.04 bits per heavy atom. The van der Waals surface area contributed by atoms with E-state index < -0.39 is 12.1 Å². The summed E-state index contributed by atoms with van der Waals surface area (Å²) in [7, 11) is 0. The predicted octanol–water partition coefficient (Wildman–Crippen LogP) is 3.89. The van der Waals surface area contributed by atoms with Crippen molar-refractivity contribution in [1.29, 1.82) is 0 Å². The van der Waals surface area contributed by atoms with Gasteiger partial charge in [-0.3, -0.25) is 4.79 Å². The SMILES string of the molecule is Cc1ccc(NC(=O)[C@@H](C)OC(=O)/C=C/c2cccc(C)c2)cc1. The van der Waals surface area contributed by atoms with Crippen LogP contribution in [0.5, 0.6) is 0 Å². The zero-order valence-corrected chi connectivity index (χ0v) is 14.1. The molecule has 124 valence electrons. The van der Waals surface area contributed by atoms with Gasteiger partial charge in [0.25, 0.3) is 5.91 Å². The first-order valence-corrected chi connectivity index (χ1v) is 7.77. The van der Waals surface area contributed by atoms with E-state index in [0.717, 1.165) is 16.7 Å². The quantitative estimate of drug-likeness (QED) is 0.671. The first-order valence-electron chi connectivity index (χ1n) is 7.77. The van der Waals surface area contributed by atoms with E-state index >= 15 is 0 Å². The van der Waals surface area contributed by atoms with Crippen molar-refractivity contribution in [2.75, 3.05) is 5.32 Å². The number of aryl methyl sites for hydroxylation is 2. The van der Waals surface area contributed by atoms with Gasteiger partial charge in [0.1, 0.15) is 0 Å². The normalized spacial score (nSPS) is 12.0. The van der Waals surface area contributed by atoms with E-state index in [1.54, 1.807) is 25.1 Å². The summed E-state index contributed by atoms with van der Waals surface area (Å²) in [6, 6.07) is 15.2. The van der Waals surface area contributed by atoms with E-state index in [-0.39, 0.29) is 5.91 Å². The minimum Gasteiger partial charge on any atom is -0.449 e. The van der Waals surface area contributed by atoms with Gasteiger partial charge in [0.2, 0.25) is 0 Å². The van der Waals surface area contributed by atoms with Crippen molar-refractivity contribution in [3.05, 3.63) is 71.3 Å². The molecule has 2 aromatic carbocycles. The number of ether oxygens (including phenoxy) is 1. The van der Waals surface area contributed by atoms with Gasteiger partial charge in [0, 0.05) is 11.8 Å². The predicted molar refractivity (Wildman–Crippen MR) is 95.6 cm³/mol. The Labute approximate surface area is 142 Å². The maximum Gasteiger partial charge on any atom is 0.331 e. The van der Waals surface area contributed by atoms with E-state index in [2.05, 4.69) is 5.32 Å². The molecular formula is C20H21NO3. The molecule has 1 N–H and O–H groups in total. The third-order valence-electron chi connectivity index (χ3n) is 3.44. The highest BCUT2D eigenvalue weighted by molar-refractivity contribution is 5.96. The Bertz CT molecular complexity index is 748. The van der Waals surface area contributed by atoms with Crippen LogP contribution in [0.25, 0.3) is 6.08 Å². The number of amides is 1. The molecule has 2 aromatic rings. The van der Waals surface area contributed by atoms with Crippen LogP contribution in [0.15, 0.2) is 54.6 Å². The largest absolute Gasteiger partial charge is 0.449 e. The summed E-state index contributed by atoms with van der Waals surface area (Å²) in [4.78, 5) is 23.9. The summed E-state index contributed by atoms with van der Waals surface area (Å²) < 4.78 is 5.12. The van der Waals surface area contributed by atoms with E-state index in [0.29, 0.717) is 5.69 Å². The lowest BCUT2D eigenvalue weighted by atomic mass is 10.1. The Morgan fingerprint density at radius 2 is 1.75 bits per heavy atom. The van der Waals surface area contributed by atoms with E-state index in [1.807, 2.05) is 50.2 Å². The Kier molecular flexibility index (Phi) is 5.90. The molecule has 0 aliphatic rings. The highest BCUT2D eigenvalue weighted by Gasteiger charge is 2.16. The molecule has 0 aliphatic heterocycles. The first kappa shape index (κ1) is 17.5. The van der Waals surface area contributed by atoms with Crippen LogP contribution >= 0.6 is 0 Å². The smallest absolute Gasteiger partial charge is 0.331 e. The number of anilines is 1. The standard InChI is InChI=1S/C20H21NO3/c1-14-7-10-18(11-8-14)21-20(23)16(3)24-19(22)12-9-17-6-4-5-15(2)13-17/h4-13,16H,1-3H3,(H,21,23)/b12-9+/t16-/m1/s1. The lowest BCUT2D eigenvalue weighted by Crippen LogP contribution is -2.29. The number of carbonyl (C=O) groups is 2. The Morgan fingerprint density at radius 3 is 2.42 bits per heavy atom. The zero-order chi connectivity index (χ0) is 17.5. The molecule has 2 rings (SSSR count). The van der Waals surface area contributed by atoms with Crippen molar-refractivity contribution in [3.63, 3.8) is 0 Å². The van der Waals surface area contributed by atoms with Crippen LogP contribution in [0, 0.1) is 13.8 Å². The van der Waals surface area contributed by atoms with E-state index in [4.69, 9.17) is 4.74 Å². The minimum absolute atomic E-state index is 0.365. The molecule has 4 heteroatoms. The maximum atomic E-state index is 12.0. The molecule has 0 fully saturated rings. The lowest BCUT2D eigenvalue weighted by molar-refractivity contribution is -0.148. The maximum absolute atomic E-state index is 12.0. The van der Waals surface area contributed by atoms with E-state index in [1.165, 1.54) is 6.08 Å². The fraction of sp³-hybridized carbons (Fsp3) is 0.200. The van der Waals surface area contributed by atoms with Gasteiger partial charge in [-0.1, -0.05) is 47.5 Å². The molecule has 0 aliphatic carbocycles. The van der Waals surface area contributed by atoms with Crippen LogP contribution in [0.2, 0.25) is 0 Å². The lowest BCUT2D eigenvalue weighted by Gasteiger charge is -2.12. The van der Waals surface area contributed by atoms with Crippen LogP contribution < -0.4 is 5.32 Å². The number of benzene rings is 2. The minimum atomic E-state index is -0.874. The van der Waals surface area contributed by atoms with Crippen molar-refractivity contribution in [2.45, 2.75) is 26.9 Å². The fourth-order valence-electron chi connectivity index (χ4n) is 2.09. The molecule has 0 saturated carbocycles. The average Bonchev–Trinajstić information content (AvgIpc) is 2.55. The highest BCUT2D eigenvalue weighted by atomic mass is 16.5. The van der Waals surface area contributed by atoms with Crippen molar-refractivity contribution >= 4 is 23.6 Å². The third kappa shape index (κ3) is 5.39. The molecule has 0 saturated heterocycles. The number of carbonyl (C=O) groups excluding carboxylic acids is 2. The van der Waals surface area contributed by atoms with Gasteiger partial charge in [-0.25, -0.2) is 4.79 Å². The number of rotatable bonds is 5. The number of nitrogens with one attached hydrogen (secondary N) is 1. The molecule has 1 atom stereocenters. The van der Waals surface area contributed by atoms with Gasteiger partial charge in [-0.2, -0.15) is 0 Å². The summed E-state index contributed by atoms with van der Waals surface area (Å²) in [5.41, 5.74) is 3.79. The molecule has 0 unspecified atom stereocenters. The van der Waals surface area contributed by atoms with Crippen LogP contribution in [0.3, 0.4) is 0 Å². The van der Waals surface area contributed by atoms with Crippen LogP contribution in [-0.4, -0.2) is 18.0 Å². The first-order chi connectivity index (χ1) is 11.4. The summed E-state index contributed by atoms with van der Waals surface area (Å²) >= 11 is 0. The summed E-state index contributed by atoms with van der Waals surface area (Å²) in [6.07, 6.45) is 2.12. The third-order valence-corrected chi connectivity index (χ3v) is 3.44. The molecule has 0 heterocycles. The summed E-state index contributed by atoms with van der Waals surface area (Å²) in [5, 5.41) is 2.72. The highest BCUT2D eigenvalue weighted by Crippen LogP contribution is 2.10. The molecule has 4 nitrogen and oxygen atoms in total. The van der Waals surface area contributed by atoms with Crippen molar-refractivity contribution in [3.8, 4) is 0 Å². The van der Waals surface area contributed by atoms with Gasteiger partial charge in [0.05, 0.1) is 0 Å². The second-order valence-electron chi connectivity index (χ2n) is 5.68. The van der Waals surface area contributed by atoms with Crippen molar-refractivity contribution in [2.24, 2.45) is 0 Å². The summed E-state index contributed by atoms with van der Waals surface area (Å²) in [5.74, 6) is -0.917. The van der Waals surface area contributed by atoms with Crippen LogP contribution in [0.4, 0.5) is 5.69 Å². The van der Waals surface area contributed by atoms with Gasteiger partial charge in [-0.15, -0.1) is 0 Å². The average molecular weight is 323 g/mol. The zero-order valence-electron chi connectivity index (χ0n) is 14.1. The monoisotopic (exact) mass is 323 g/mol. The summed E-state index contributed by atoms with van der Waals surface area (Å²) in [6.45, 7) is 5.49. The van der Waals surface area contributed by atoms with Gasteiger partial charge < -0.3 is 10.1 Å². The molecule has 0 bridgehead atoms. The van der Waals surface area contributed by atoms with Crippen LogP contribution in [-0.2, 0) is 14.3 Å².